The molecule has 0 aliphatic heterocycles. The lowest BCUT2D eigenvalue weighted by Crippen LogP contribution is -2.61. The Morgan fingerprint density at radius 1 is 0.691 bits per heavy atom. The molecule has 0 bridgehead atoms. The van der Waals surface area contributed by atoms with Crippen molar-refractivity contribution >= 4 is 54.1 Å². The highest BCUT2D eigenvalue weighted by Gasteiger charge is 2.34. The van der Waals surface area contributed by atoms with E-state index in [-0.39, 0.29) is 56.3 Å². The van der Waals surface area contributed by atoms with Crippen LogP contribution in [0.5, 0.6) is 0 Å². The van der Waals surface area contributed by atoms with Crippen LogP contribution < -0.4 is 43.8 Å². The summed E-state index contributed by atoms with van der Waals surface area (Å²) < 4.78 is 0. The van der Waals surface area contributed by atoms with Gasteiger partial charge in [0.25, 0.3) is 0 Å². The van der Waals surface area contributed by atoms with E-state index in [9.17, 15) is 39.0 Å². The number of thiol groups is 1. The van der Waals surface area contributed by atoms with E-state index in [1.807, 2.05) is 19.9 Å². The molecule has 18 heteroatoms. The highest BCUT2D eigenvalue weighted by Crippen LogP contribution is 2.10. The first kappa shape index (κ1) is 46.0. The molecule has 5 amide bonds. The van der Waals surface area contributed by atoms with Crippen molar-refractivity contribution in [3.63, 3.8) is 0 Å². The van der Waals surface area contributed by atoms with Crippen LogP contribution in [0.15, 0.2) is 65.7 Å². The first-order valence-electron chi connectivity index (χ1n) is 17.9. The number of amides is 5. The molecule has 2 aromatic rings. The van der Waals surface area contributed by atoms with E-state index in [1.165, 1.54) is 6.92 Å². The van der Waals surface area contributed by atoms with Gasteiger partial charge in [0.1, 0.15) is 30.2 Å². The minimum Gasteiger partial charge on any atom is -0.480 e. The zero-order valence-electron chi connectivity index (χ0n) is 31.3. The molecule has 0 aliphatic carbocycles. The van der Waals surface area contributed by atoms with Crippen LogP contribution in [0.2, 0.25) is 0 Å². The van der Waals surface area contributed by atoms with Crippen molar-refractivity contribution in [1.82, 2.24) is 26.6 Å². The van der Waals surface area contributed by atoms with Gasteiger partial charge in [-0.3, -0.25) is 29.0 Å². The Bertz CT molecular complexity index is 1590. The number of aliphatic carboxylic acids is 1. The van der Waals surface area contributed by atoms with Crippen molar-refractivity contribution in [2.24, 2.45) is 28.1 Å². The molecule has 0 heterocycles. The first-order chi connectivity index (χ1) is 26.0. The molecular weight excluding hydrogens is 731 g/mol. The van der Waals surface area contributed by atoms with Crippen LogP contribution in [-0.2, 0) is 41.6 Å². The molecule has 2 rings (SSSR count). The van der Waals surface area contributed by atoms with Crippen molar-refractivity contribution in [3.8, 4) is 0 Å². The Labute approximate surface area is 326 Å². The van der Waals surface area contributed by atoms with Gasteiger partial charge in [-0.15, -0.1) is 0 Å². The van der Waals surface area contributed by atoms with E-state index in [1.54, 1.807) is 54.6 Å². The van der Waals surface area contributed by atoms with Gasteiger partial charge < -0.3 is 54.0 Å². The van der Waals surface area contributed by atoms with E-state index in [0.717, 1.165) is 5.56 Å². The molecule has 0 spiro atoms. The lowest BCUT2D eigenvalue weighted by Gasteiger charge is -2.28. The summed E-state index contributed by atoms with van der Waals surface area (Å²) in [7, 11) is 0. The van der Waals surface area contributed by atoms with E-state index in [4.69, 9.17) is 17.2 Å². The second-order valence-electron chi connectivity index (χ2n) is 13.6. The van der Waals surface area contributed by atoms with Crippen molar-refractivity contribution in [2.75, 3.05) is 12.3 Å². The third-order valence-corrected chi connectivity index (χ3v) is 8.69. The zero-order valence-corrected chi connectivity index (χ0v) is 32.2. The first-order valence-corrected chi connectivity index (χ1v) is 18.6. The molecule has 0 radical (unpaired) electrons. The molecule has 17 nitrogen and oxygen atoms in total. The molecular formula is C37H55N9O8S. The van der Waals surface area contributed by atoms with E-state index in [0.29, 0.717) is 5.56 Å². The second-order valence-corrected chi connectivity index (χ2v) is 13.9. The lowest BCUT2D eigenvalue weighted by molar-refractivity contribution is -0.142. The average molecular weight is 786 g/mol. The van der Waals surface area contributed by atoms with Crippen LogP contribution in [0.1, 0.15) is 51.2 Å². The molecule has 0 saturated carbocycles. The third-order valence-electron chi connectivity index (χ3n) is 8.33. The number of aliphatic imine (C=N–C) groups is 1. The van der Waals surface area contributed by atoms with Gasteiger partial charge in [0.2, 0.25) is 29.5 Å². The maximum absolute atomic E-state index is 13.6. The summed E-state index contributed by atoms with van der Waals surface area (Å²) in [5, 5.41) is 32.9. The Balaban J connectivity index is 2.20. The van der Waals surface area contributed by atoms with E-state index in [2.05, 4.69) is 44.2 Å². The molecule has 13 N–H and O–H groups in total. The van der Waals surface area contributed by atoms with Crippen LogP contribution in [0, 0.1) is 5.92 Å². The van der Waals surface area contributed by atoms with Crippen LogP contribution in [0.3, 0.4) is 0 Å². The van der Waals surface area contributed by atoms with Crippen molar-refractivity contribution < 1.29 is 39.0 Å². The largest absolute Gasteiger partial charge is 0.480 e. The number of aliphatic hydroxyl groups is 1. The Morgan fingerprint density at radius 2 is 1.18 bits per heavy atom. The van der Waals surface area contributed by atoms with Gasteiger partial charge in [-0.25, -0.2) is 4.79 Å². The van der Waals surface area contributed by atoms with Crippen molar-refractivity contribution in [3.05, 3.63) is 71.8 Å². The van der Waals surface area contributed by atoms with Gasteiger partial charge in [0.05, 0.1) is 12.1 Å². The molecule has 2 aromatic carbocycles. The fraction of sp³-hybridized carbons (Fsp3) is 0.486. The van der Waals surface area contributed by atoms with Crippen molar-refractivity contribution in [1.29, 1.82) is 0 Å². The number of carboxylic acids is 1. The number of nitrogens with two attached hydrogens (primary N) is 3. The number of carbonyl (C=O) groups is 6. The quantitative estimate of drug-likeness (QED) is 0.0273. The lowest BCUT2D eigenvalue weighted by atomic mass is 10.0. The molecule has 0 aromatic heterocycles. The van der Waals surface area contributed by atoms with E-state index < -0.39 is 77.9 Å². The van der Waals surface area contributed by atoms with Gasteiger partial charge in [0.15, 0.2) is 5.96 Å². The number of guanidine groups is 1. The van der Waals surface area contributed by atoms with Crippen molar-refractivity contribution in [2.45, 2.75) is 95.2 Å². The number of hydrogen-bond acceptors (Lipinski definition) is 10. The van der Waals surface area contributed by atoms with Crippen LogP contribution >= 0.6 is 12.6 Å². The van der Waals surface area contributed by atoms with Gasteiger partial charge in [-0.05, 0) is 49.7 Å². The number of rotatable bonds is 23. The summed E-state index contributed by atoms with van der Waals surface area (Å²) in [6.45, 7) is 5.07. The molecule has 302 valence electrons. The standard InChI is InChI=1S/C37H55N9O8S/c1-21(2)17-27(44-35(52)30(22(3)47)46-31(48)25(38)18-23-11-6-4-7-12-23)32(49)45-29(20-55)34(51)43-28(19-24-13-8-5-9-14-24)33(50)42-26(36(53)54)15-10-16-41-37(39)40/h4-9,11-14,21-22,25-30,47,55H,10,15-20,38H2,1-3H3,(H,42,50)(H,43,51)(H,44,52)(H,45,49)(H,46,48)(H,53,54)(H4,39,40,41)/t22-,25+,26+,27+,28+,29+,30+/m1/s1. The fourth-order valence-corrected chi connectivity index (χ4v) is 5.68. The van der Waals surface area contributed by atoms with E-state index >= 15 is 0 Å². The predicted molar refractivity (Wildman–Crippen MR) is 210 cm³/mol. The topological polar surface area (TPSA) is 293 Å². The second kappa shape index (κ2) is 23.6. The summed E-state index contributed by atoms with van der Waals surface area (Å²) in [6.07, 6.45) is -0.828. The fourth-order valence-electron chi connectivity index (χ4n) is 5.42. The number of carbonyl (C=O) groups excluding carboxylic acids is 5. The zero-order chi connectivity index (χ0) is 41.1. The molecule has 0 aliphatic rings. The average Bonchev–Trinajstić information content (AvgIpc) is 3.13. The summed E-state index contributed by atoms with van der Waals surface area (Å²) in [5.41, 5.74) is 18.2. The Morgan fingerprint density at radius 3 is 1.69 bits per heavy atom. The highest BCUT2D eigenvalue weighted by molar-refractivity contribution is 7.80. The normalized spacial score (nSPS) is 14.8. The smallest absolute Gasteiger partial charge is 0.326 e. The van der Waals surface area contributed by atoms with Crippen LogP contribution in [0.4, 0.5) is 0 Å². The summed E-state index contributed by atoms with van der Waals surface area (Å²) in [4.78, 5) is 82.9. The third kappa shape index (κ3) is 16.8. The summed E-state index contributed by atoms with van der Waals surface area (Å²) >= 11 is 4.25. The minimum absolute atomic E-state index is 0.00221. The number of benzene rings is 2. The van der Waals surface area contributed by atoms with Gasteiger partial charge in [-0.2, -0.15) is 12.6 Å². The number of hydrogen-bond donors (Lipinski definition) is 11. The highest BCUT2D eigenvalue weighted by atomic mass is 32.1. The summed E-state index contributed by atoms with van der Waals surface area (Å²) in [6, 6.07) is 10.1. The molecule has 0 unspecified atom stereocenters. The summed E-state index contributed by atoms with van der Waals surface area (Å²) in [5.74, 6) is -5.67. The predicted octanol–water partition coefficient (Wildman–Crippen LogP) is -1.28. The minimum atomic E-state index is -1.46. The number of aliphatic hydroxyl groups excluding tert-OH is 1. The molecule has 0 fully saturated rings. The van der Waals surface area contributed by atoms with Gasteiger partial charge >= 0.3 is 5.97 Å². The van der Waals surface area contributed by atoms with Gasteiger partial charge in [-0.1, -0.05) is 74.5 Å². The monoisotopic (exact) mass is 785 g/mol. The van der Waals surface area contributed by atoms with Gasteiger partial charge in [0, 0.05) is 18.7 Å². The number of nitrogens with zero attached hydrogens (tertiary/aromatic N) is 1. The number of nitrogens with one attached hydrogen (secondary N) is 5. The maximum atomic E-state index is 13.6. The van der Waals surface area contributed by atoms with Crippen LogP contribution in [0.25, 0.3) is 0 Å². The molecule has 0 saturated heterocycles. The molecule has 55 heavy (non-hydrogen) atoms. The van der Waals surface area contributed by atoms with Crippen LogP contribution in [-0.4, -0.2) is 106 Å². The Kier molecular flexibility index (Phi) is 19.7. The Hall–Kier alpha value is -5.20. The SMILES string of the molecule is CC(C)C[C@H](NC(=O)[C@@H](NC(=O)[C@@H](N)Cc1ccccc1)[C@@H](C)O)C(=O)N[C@@H](CS)C(=O)N[C@@H](Cc1ccccc1)C(=O)N[C@@H](CCCN=C(N)N)C(=O)O. The molecule has 7 atom stereocenters. The number of carboxylic acid groups (broad SMARTS) is 1. The maximum Gasteiger partial charge on any atom is 0.326 e.